The number of carbonyl (C=O) groups is 1. The average Bonchev–Trinajstić information content (AvgIpc) is 2.40. The van der Waals surface area contributed by atoms with Crippen LogP contribution in [0, 0.1) is 0 Å². The maximum absolute atomic E-state index is 10.8. The molecule has 3 N–H and O–H groups in total. The van der Waals surface area contributed by atoms with Crippen LogP contribution in [0.5, 0.6) is 0 Å². The van der Waals surface area contributed by atoms with Crippen molar-refractivity contribution >= 4 is 5.97 Å². The Morgan fingerprint density at radius 3 is 2.26 bits per heavy atom. The fourth-order valence-corrected chi connectivity index (χ4v) is 1.95. The van der Waals surface area contributed by atoms with Gasteiger partial charge in [-0.15, -0.1) is 0 Å². The maximum atomic E-state index is 10.8. The number of aryl methyl sites for hydroxylation is 1. The number of hydrogen-bond acceptors (Lipinski definition) is 3. The van der Waals surface area contributed by atoms with E-state index in [0.29, 0.717) is 6.54 Å². The highest BCUT2D eigenvalue weighted by atomic mass is 16.4. The van der Waals surface area contributed by atoms with Crippen LogP contribution in [-0.4, -0.2) is 37.3 Å². The Morgan fingerprint density at radius 2 is 1.79 bits per heavy atom. The summed E-state index contributed by atoms with van der Waals surface area (Å²) >= 11 is 0. The van der Waals surface area contributed by atoms with Crippen LogP contribution >= 0.6 is 0 Å². The number of likely N-dealkylation sites (N-methyl/N-ethyl adjacent to an activating group) is 1. The van der Waals surface area contributed by atoms with E-state index in [4.69, 9.17) is 5.11 Å². The van der Waals surface area contributed by atoms with Gasteiger partial charge in [-0.1, -0.05) is 37.6 Å². The normalized spacial score (nSPS) is 12.3. The SMILES string of the molecule is CCCc1ccc(CCNCC(NC)C(=O)O)cc1. The van der Waals surface area contributed by atoms with Crippen LogP contribution in [0.3, 0.4) is 0 Å². The van der Waals surface area contributed by atoms with Crippen molar-refractivity contribution in [2.24, 2.45) is 0 Å². The average molecular weight is 264 g/mol. The van der Waals surface area contributed by atoms with Gasteiger partial charge < -0.3 is 15.7 Å². The summed E-state index contributed by atoms with van der Waals surface area (Å²) in [5.41, 5.74) is 2.66. The highest BCUT2D eigenvalue weighted by Crippen LogP contribution is 2.06. The third-order valence-electron chi connectivity index (χ3n) is 3.15. The molecule has 0 aliphatic rings. The highest BCUT2D eigenvalue weighted by Gasteiger charge is 2.13. The lowest BCUT2D eigenvalue weighted by molar-refractivity contribution is -0.139. The fraction of sp³-hybridized carbons (Fsp3) is 0.533. The molecular weight excluding hydrogens is 240 g/mol. The van der Waals surface area contributed by atoms with Gasteiger partial charge in [0.15, 0.2) is 0 Å². The van der Waals surface area contributed by atoms with Crippen LogP contribution in [0.2, 0.25) is 0 Å². The summed E-state index contributed by atoms with van der Waals surface area (Å²) in [6.07, 6.45) is 3.21. The number of benzene rings is 1. The molecule has 1 atom stereocenters. The second-order valence-corrected chi connectivity index (χ2v) is 4.70. The zero-order valence-electron chi connectivity index (χ0n) is 11.8. The first-order chi connectivity index (χ1) is 9.17. The van der Waals surface area contributed by atoms with Gasteiger partial charge >= 0.3 is 5.97 Å². The molecule has 0 spiro atoms. The van der Waals surface area contributed by atoms with Crippen LogP contribution in [0.25, 0.3) is 0 Å². The third kappa shape index (κ3) is 5.85. The molecule has 19 heavy (non-hydrogen) atoms. The lowest BCUT2D eigenvalue weighted by atomic mass is 10.1. The van der Waals surface area contributed by atoms with Crippen molar-refractivity contribution in [2.75, 3.05) is 20.1 Å². The van der Waals surface area contributed by atoms with Gasteiger partial charge in [0.05, 0.1) is 0 Å². The van der Waals surface area contributed by atoms with Gasteiger partial charge in [-0.2, -0.15) is 0 Å². The summed E-state index contributed by atoms with van der Waals surface area (Å²) < 4.78 is 0. The number of rotatable bonds is 9. The molecule has 4 heteroatoms. The van der Waals surface area contributed by atoms with Gasteiger partial charge in [0.1, 0.15) is 6.04 Å². The van der Waals surface area contributed by atoms with Crippen molar-refractivity contribution in [3.8, 4) is 0 Å². The van der Waals surface area contributed by atoms with Crippen LogP contribution < -0.4 is 10.6 Å². The number of hydrogen-bond donors (Lipinski definition) is 3. The van der Waals surface area contributed by atoms with Gasteiger partial charge in [-0.25, -0.2) is 0 Å². The first-order valence-electron chi connectivity index (χ1n) is 6.86. The summed E-state index contributed by atoms with van der Waals surface area (Å²) in [6.45, 7) is 3.41. The molecule has 0 saturated carbocycles. The van der Waals surface area contributed by atoms with E-state index in [9.17, 15) is 4.79 Å². The Bertz CT molecular complexity index is 376. The van der Waals surface area contributed by atoms with E-state index in [2.05, 4.69) is 41.8 Å². The summed E-state index contributed by atoms with van der Waals surface area (Å²) in [5, 5.41) is 14.8. The predicted molar refractivity (Wildman–Crippen MR) is 77.5 cm³/mol. The molecule has 4 nitrogen and oxygen atoms in total. The first-order valence-corrected chi connectivity index (χ1v) is 6.86. The van der Waals surface area contributed by atoms with Crippen molar-refractivity contribution in [3.63, 3.8) is 0 Å². The standard InChI is InChI=1S/C15H24N2O2/c1-3-4-12-5-7-13(8-6-12)9-10-17-11-14(16-2)15(18)19/h5-8,14,16-17H,3-4,9-11H2,1-2H3,(H,18,19). The lowest BCUT2D eigenvalue weighted by Gasteiger charge is -2.12. The lowest BCUT2D eigenvalue weighted by Crippen LogP contribution is -2.43. The van der Waals surface area contributed by atoms with Crippen molar-refractivity contribution < 1.29 is 9.90 Å². The molecule has 0 amide bonds. The molecule has 0 fully saturated rings. The van der Waals surface area contributed by atoms with Crippen LogP contribution in [0.4, 0.5) is 0 Å². The monoisotopic (exact) mass is 264 g/mol. The van der Waals surface area contributed by atoms with E-state index in [0.717, 1.165) is 19.4 Å². The number of nitrogens with one attached hydrogen (secondary N) is 2. The van der Waals surface area contributed by atoms with Gasteiger partial charge in [0.25, 0.3) is 0 Å². The van der Waals surface area contributed by atoms with Gasteiger partial charge in [-0.05, 0) is 37.6 Å². The Labute approximate surface area is 115 Å². The maximum Gasteiger partial charge on any atom is 0.322 e. The zero-order valence-corrected chi connectivity index (χ0v) is 11.8. The Morgan fingerprint density at radius 1 is 1.21 bits per heavy atom. The minimum atomic E-state index is -0.820. The molecule has 106 valence electrons. The van der Waals surface area contributed by atoms with Crippen LogP contribution in [0.1, 0.15) is 24.5 Å². The fourth-order valence-electron chi connectivity index (χ4n) is 1.95. The number of carboxylic acid groups (broad SMARTS) is 1. The second-order valence-electron chi connectivity index (χ2n) is 4.70. The predicted octanol–water partition coefficient (Wildman–Crippen LogP) is 1.44. The number of aliphatic carboxylic acids is 1. The van der Waals surface area contributed by atoms with Crippen molar-refractivity contribution in [2.45, 2.75) is 32.2 Å². The molecule has 0 radical (unpaired) electrons. The molecule has 0 heterocycles. The molecule has 0 aliphatic carbocycles. The summed E-state index contributed by atoms with van der Waals surface area (Å²) in [7, 11) is 1.66. The highest BCUT2D eigenvalue weighted by molar-refractivity contribution is 5.73. The molecule has 0 bridgehead atoms. The molecule has 0 aliphatic heterocycles. The van der Waals surface area contributed by atoms with Gasteiger partial charge in [-0.3, -0.25) is 4.79 Å². The topological polar surface area (TPSA) is 61.4 Å². The molecule has 0 aromatic heterocycles. The van der Waals surface area contributed by atoms with E-state index in [1.54, 1.807) is 7.05 Å². The molecule has 1 aromatic carbocycles. The third-order valence-corrected chi connectivity index (χ3v) is 3.15. The van der Waals surface area contributed by atoms with Gasteiger partial charge in [0.2, 0.25) is 0 Å². The summed E-state index contributed by atoms with van der Waals surface area (Å²) in [4.78, 5) is 10.8. The molecular formula is C15H24N2O2. The van der Waals surface area contributed by atoms with Crippen molar-refractivity contribution in [3.05, 3.63) is 35.4 Å². The van der Waals surface area contributed by atoms with E-state index in [-0.39, 0.29) is 0 Å². The largest absolute Gasteiger partial charge is 0.480 e. The second kappa shape index (κ2) is 8.67. The van der Waals surface area contributed by atoms with Crippen LogP contribution in [0.15, 0.2) is 24.3 Å². The smallest absolute Gasteiger partial charge is 0.322 e. The van der Waals surface area contributed by atoms with E-state index in [1.807, 2.05) is 0 Å². The molecule has 0 saturated heterocycles. The van der Waals surface area contributed by atoms with E-state index >= 15 is 0 Å². The zero-order chi connectivity index (χ0) is 14.1. The molecule has 1 unspecified atom stereocenters. The molecule has 1 aromatic rings. The summed E-state index contributed by atoms with van der Waals surface area (Å²) in [5.74, 6) is -0.820. The quantitative estimate of drug-likeness (QED) is 0.591. The Balaban J connectivity index is 2.27. The minimum Gasteiger partial charge on any atom is -0.480 e. The Kier molecular flexibility index (Phi) is 7.15. The van der Waals surface area contributed by atoms with E-state index in [1.165, 1.54) is 17.5 Å². The van der Waals surface area contributed by atoms with Crippen molar-refractivity contribution in [1.29, 1.82) is 0 Å². The van der Waals surface area contributed by atoms with Crippen LogP contribution in [-0.2, 0) is 17.6 Å². The van der Waals surface area contributed by atoms with Gasteiger partial charge in [0, 0.05) is 6.54 Å². The van der Waals surface area contributed by atoms with Crippen molar-refractivity contribution in [1.82, 2.24) is 10.6 Å². The number of carboxylic acids is 1. The first kappa shape index (κ1) is 15.7. The minimum absolute atomic E-state index is 0.444. The molecule has 1 rings (SSSR count). The van der Waals surface area contributed by atoms with E-state index < -0.39 is 12.0 Å². The Hall–Kier alpha value is -1.39. The summed E-state index contributed by atoms with van der Waals surface area (Å²) in [6, 6.07) is 8.13.